The molecule has 0 saturated carbocycles. The van der Waals surface area contributed by atoms with Gasteiger partial charge in [-0.2, -0.15) is 4.90 Å². The molecule has 6 nitrogen and oxygen atoms in total. The molecule has 7 heteroatoms. The zero-order valence-electron chi connectivity index (χ0n) is 14.3. The summed E-state index contributed by atoms with van der Waals surface area (Å²) in [5.74, 6) is 0. The monoisotopic (exact) mass is 386 g/mol. The highest BCUT2D eigenvalue weighted by Gasteiger charge is 2.36. The fourth-order valence-corrected chi connectivity index (χ4v) is 2.54. The number of alkyl halides is 1. The molecule has 2 amide bonds. The molecule has 0 aliphatic rings. The van der Waals surface area contributed by atoms with Crippen LogP contribution in [0, 0.1) is 0 Å². The fourth-order valence-electron chi connectivity index (χ4n) is 2.25. The van der Waals surface area contributed by atoms with Crippen LogP contribution in [-0.2, 0) is 16.2 Å². The van der Waals surface area contributed by atoms with Crippen LogP contribution in [0.5, 0.6) is 0 Å². The standard InChI is InChI=1S/C16H23BrN2O4/c1-15(2,3)10-7-9(8-17)18-12(16(4,5)6)11(10)19(13(20)21)14(22)23/h7H,8H2,1-6H3,(H,20,21)(H,22,23). The lowest BCUT2D eigenvalue weighted by atomic mass is 9.81. The number of halogens is 1. The summed E-state index contributed by atoms with van der Waals surface area (Å²) in [6.45, 7) is 11.4. The van der Waals surface area contributed by atoms with Crippen molar-refractivity contribution in [2.24, 2.45) is 0 Å². The zero-order valence-corrected chi connectivity index (χ0v) is 15.9. The van der Waals surface area contributed by atoms with Gasteiger partial charge in [-0.15, -0.1) is 0 Å². The molecule has 1 aromatic heterocycles. The van der Waals surface area contributed by atoms with Crippen LogP contribution >= 0.6 is 15.9 Å². The lowest BCUT2D eigenvalue weighted by molar-refractivity contribution is 0.184. The third-order valence-electron chi connectivity index (χ3n) is 3.31. The van der Waals surface area contributed by atoms with Crippen molar-refractivity contribution in [2.75, 3.05) is 4.90 Å². The van der Waals surface area contributed by atoms with E-state index < -0.39 is 23.0 Å². The Hall–Kier alpha value is -1.63. The summed E-state index contributed by atoms with van der Waals surface area (Å²) in [5.41, 5.74) is 0.990. The molecule has 2 N–H and O–H groups in total. The molecule has 0 fully saturated rings. The molecule has 1 rings (SSSR count). The average Bonchev–Trinajstić information content (AvgIpc) is 2.35. The second-order valence-electron chi connectivity index (χ2n) is 7.39. The highest BCUT2D eigenvalue weighted by Crippen LogP contribution is 2.40. The number of carbonyl (C=O) groups is 2. The second-order valence-corrected chi connectivity index (χ2v) is 7.95. The third kappa shape index (κ3) is 4.22. The molecular formula is C16H23BrN2O4. The van der Waals surface area contributed by atoms with E-state index in [1.165, 1.54) is 0 Å². The van der Waals surface area contributed by atoms with Crippen LogP contribution in [0.2, 0.25) is 0 Å². The highest BCUT2D eigenvalue weighted by atomic mass is 79.9. The van der Waals surface area contributed by atoms with E-state index in [4.69, 9.17) is 0 Å². The number of hydrogen-bond acceptors (Lipinski definition) is 3. The summed E-state index contributed by atoms with van der Waals surface area (Å²) < 4.78 is 0. The number of rotatable bonds is 2. The van der Waals surface area contributed by atoms with Gasteiger partial charge < -0.3 is 10.2 Å². The van der Waals surface area contributed by atoms with Crippen molar-refractivity contribution in [3.05, 3.63) is 23.0 Å². The van der Waals surface area contributed by atoms with E-state index in [9.17, 15) is 19.8 Å². The normalized spacial score (nSPS) is 12.1. The van der Waals surface area contributed by atoms with E-state index in [0.29, 0.717) is 21.5 Å². The number of aromatic nitrogens is 1. The molecule has 0 spiro atoms. The minimum atomic E-state index is -1.54. The Morgan fingerprint density at radius 2 is 1.57 bits per heavy atom. The molecular weight excluding hydrogens is 364 g/mol. The summed E-state index contributed by atoms with van der Waals surface area (Å²) in [4.78, 5) is 28.0. The first kappa shape index (κ1) is 19.4. The minimum Gasteiger partial charge on any atom is -0.464 e. The SMILES string of the molecule is CC(C)(C)c1cc(CBr)nc(C(C)(C)C)c1N(C(=O)O)C(=O)O. The molecule has 1 heterocycles. The van der Waals surface area contributed by atoms with Gasteiger partial charge in [0.05, 0.1) is 17.1 Å². The molecule has 1 aromatic rings. The predicted molar refractivity (Wildman–Crippen MR) is 92.8 cm³/mol. The van der Waals surface area contributed by atoms with Gasteiger partial charge in [0.1, 0.15) is 0 Å². The van der Waals surface area contributed by atoms with E-state index in [0.717, 1.165) is 5.69 Å². The van der Waals surface area contributed by atoms with Gasteiger partial charge >= 0.3 is 12.2 Å². The zero-order chi connectivity index (χ0) is 18.2. The largest absolute Gasteiger partial charge is 0.464 e. The van der Waals surface area contributed by atoms with Crippen LogP contribution in [0.3, 0.4) is 0 Å². The van der Waals surface area contributed by atoms with Gasteiger partial charge in [0.15, 0.2) is 0 Å². The molecule has 0 aliphatic carbocycles. The lowest BCUT2D eigenvalue weighted by Gasteiger charge is -2.32. The fraction of sp³-hybridized carbons (Fsp3) is 0.562. The second kappa shape index (κ2) is 6.47. The van der Waals surface area contributed by atoms with E-state index in [2.05, 4.69) is 20.9 Å². The van der Waals surface area contributed by atoms with Crippen molar-refractivity contribution in [2.45, 2.75) is 57.7 Å². The number of anilines is 1. The maximum atomic E-state index is 11.6. The maximum Gasteiger partial charge on any atom is 0.421 e. The number of pyridine rings is 1. The average molecular weight is 387 g/mol. The maximum absolute atomic E-state index is 11.6. The van der Waals surface area contributed by atoms with Gasteiger partial charge in [0, 0.05) is 10.7 Å². The van der Waals surface area contributed by atoms with E-state index >= 15 is 0 Å². The summed E-state index contributed by atoms with van der Waals surface area (Å²) in [7, 11) is 0. The quantitative estimate of drug-likeness (QED) is 0.716. The lowest BCUT2D eigenvalue weighted by Crippen LogP contribution is -2.39. The minimum absolute atomic E-state index is 0.134. The van der Waals surface area contributed by atoms with E-state index in [-0.39, 0.29) is 5.69 Å². The van der Waals surface area contributed by atoms with Gasteiger partial charge in [0.25, 0.3) is 0 Å². The Kier molecular flexibility index (Phi) is 5.46. The van der Waals surface area contributed by atoms with Crippen molar-refractivity contribution >= 4 is 33.8 Å². The van der Waals surface area contributed by atoms with Gasteiger partial charge in [-0.1, -0.05) is 57.5 Å². The summed E-state index contributed by atoms with van der Waals surface area (Å²) in [6, 6.07) is 1.76. The van der Waals surface area contributed by atoms with E-state index in [1.807, 2.05) is 41.5 Å². The molecule has 128 valence electrons. The first-order valence-corrected chi connectivity index (χ1v) is 8.29. The molecule has 0 saturated heterocycles. The van der Waals surface area contributed by atoms with Crippen molar-refractivity contribution in [3.63, 3.8) is 0 Å². The van der Waals surface area contributed by atoms with Crippen LogP contribution in [0.15, 0.2) is 6.07 Å². The first-order valence-electron chi connectivity index (χ1n) is 7.17. The van der Waals surface area contributed by atoms with Gasteiger partial charge in [-0.05, 0) is 17.0 Å². The molecule has 0 radical (unpaired) electrons. The Labute approximate surface area is 144 Å². The predicted octanol–water partition coefficient (Wildman–Crippen LogP) is 4.73. The van der Waals surface area contributed by atoms with Gasteiger partial charge in [-0.3, -0.25) is 4.98 Å². The van der Waals surface area contributed by atoms with Crippen LogP contribution in [-0.4, -0.2) is 27.4 Å². The molecule has 23 heavy (non-hydrogen) atoms. The Bertz CT molecular complexity index is 581. The van der Waals surface area contributed by atoms with Crippen LogP contribution in [0.1, 0.15) is 58.5 Å². The number of nitrogens with zero attached hydrogens (tertiary/aromatic N) is 2. The Morgan fingerprint density at radius 1 is 1.09 bits per heavy atom. The Balaban J connectivity index is 3.95. The highest BCUT2D eigenvalue weighted by molar-refractivity contribution is 9.08. The van der Waals surface area contributed by atoms with Gasteiger partial charge in [-0.25, -0.2) is 9.59 Å². The molecule has 0 atom stereocenters. The number of carboxylic acid groups (broad SMARTS) is 2. The van der Waals surface area contributed by atoms with Crippen molar-refractivity contribution in [3.8, 4) is 0 Å². The van der Waals surface area contributed by atoms with E-state index in [1.54, 1.807) is 6.07 Å². The summed E-state index contributed by atoms with van der Waals surface area (Å²) >= 11 is 3.37. The topological polar surface area (TPSA) is 90.7 Å². The Morgan fingerprint density at radius 3 is 1.87 bits per heavy atom. The molecule has 0 aromatic carbocycles. The van der Waals surface area contributed by atoms with Crippen LogP contribution in [0.25, 0.3) is 0 Å². The van der Waals surface area contributed by atoms with Crippen LogP contribution < -0.4 is 4.90 Å². The molecule has 0 aliphatic heterocycles. The summed E-state index contributed by atoms with van der Waals surface area (Å²) in [6.07, 6.45) is -3.08. The summed E-state index contributed by atoms with van der Waals surface area (Å²) in [5, 5.41) is 19.3. The molecule has 0 bridgehead atoms. The number of amides is 2. The van der Waals surface area contributed by atoms with Gasteiger partial charge in [0.2, 0.25) is 0 Å². The number of imide groups is 1. The van der Waals surface area contributed by atoms with Crippen molar-refractivity contribution < 1.29 is 19.8 Å². The number of hydrogen-bond donors (Lipinski definition) is 2. The van der Waals surface area contributed by atoms with Crippen molar-refractivity contribution in [1.29, 1.82) is 0 Å². The van der Waals surface area contributed by atoms with Crippen molar-refractivity contribution in [1.82, 2.24) is 4.98 Å². The van der Waals surface area contributed by atoms with Crippen LogP contribution in [0.4, 0.5) is 15.3 Å². The molecule has 0 unspecified atom stereocenters. The third-order valence-corrected chi connectivity index (χ3v) is 3.88. The smallest absolute Gasteiger partial charge is 0.421 e. The first-order chi connectivity index (χ1) is 10.3.